The Balaban J connectivity index is 1.13. The van der Waals surface area contributed by atoms with Crippen molar-refractivity contribution in [1.29, 1.82) is 0 Å². The fourth-order valence-electron chi connectivity index (χ4n) is 8.14. The van der Waals surface area contributed by atoms with Gasteiger partial charge in [0.1, 0.15) is 0 Å². The molecule has 9 aromatic carbocycles. The normalized spacial score (nSPS) is 11.2. The molecule has 10 aromatic rings. The highest BCUT2D eigenvalue weighted by Crippen LogP contribution is 2.44. The van der Waals surface area contributed by atoms with Crippen LogP contribution in [0.15, 0.2) is 224 Å². The smallest absolute Gasteiger partial charge is 0.0490 e. The van der Waals surface area contributed by atoms with Crippen molar-refractivity contribution >= 4 is 65.6 Å². The highest BCUT2D eigenvalue weighted by molar-refractivity contribution is 7.26. The molecular weight excluding hydrogens is 721 g/mol. The van der Waals surface area contributed by atoms with Gasteiger partial charge in [-0.1, -0.05) is 133 Å². The molecule has 0 bridgehead atoms. The van der Waals surface area contributed by atoms with Crippen LogP contribution in [0.1, 0.15) is 5.56 Å². The van der Waals surface area contributed by atoms with Crippen LogP contribution in [0.4, 0.5) is 34.1 Å². The quantitative estimate of drug-likeness (QED) is 0.145. The van der Waals surface area contributed by atoms with Crippen LogP contribution < -0.4 is 9.80 Å². The first-order valence-corrected chi connectivity index (χ1v) is 20.6. The van der Waals surface area contributed by atoms with E-state index in [0.29, 0.717) is 0 Å². The summed E-state index contributed by atoms with van der Waals surface area (Å²) < 4.78 is 2.62. The van der Waals surface area contributed by atoms with Crippen molar-refractivity contribution in [2.45, 2.75) is 6.92 Å². The SMILES string of the molecule is Cc1ccccc1N(c1ccccc1)c1cccc(-c2cc(-c3ccc(N(c4ccccc4)c4ccccc4)cc3)cc(-c3cccc4c3sc3ccccc34)c2)c1. The lowest BCUT2D eigenvalue weighted by Gasteiger charge is -2.27. The maximum absolute atomic E-state index is 2.38. The summed E-state index contributed by atoms with van der Waals surface area (Å²) in [7, 11) is 0. The van der Waals surface area contributed by atoms with Gasteiger partial charge in [-0.25, -0.2) is 0 Å². The summed E-state index contributed by atoms with van der Waals surface area (Å²) in [6.07, 6.45) is 0. The number of thiophene rings is 1. The molecule has 10 rings (SSSR count). The molecule has 0 saturated carbocycles. The van der Waals surface area contributed by atoms with Gasteiger partial charge in [-0.2, -0.15) is 0 Å². The van der Waals surface area contributed by atoms with Gasteiger partial charge >= 0.3 is 0 Å². The third kappa shape index (κ3) is 6.72. The molecule has 58 heavy (non-hydrogen) atoms. The fourth-order valence-corrected chi connectivity index (χ4v) is 9.38. The molecule has 0 aliphatic rings. The molecule has 1 aromatic heterocycles. The van der Waals surface area contributed by atoms with E-state index in [-0.39, 0.29) is 0 Å². The monoisotopic (exact) mass is 760 g/mol. The average molecular weight is 761 g/mol. The van der Waals surface area contributed by atoms with Gasteiger partial charge in [0.2, 0.25) is 0 Å². The van der Waals surface area contributed by atoms with Gasteiger partial charge in [-0.3, -0.25) is 0 Å². The highest BCUT2D eigenvalue weighted by Gasteiger charge is 2.18. The number of anilines is 6. The van der Waals surface area contributed by atoms with E-state index in [2.05, 4.69) is 241 Å². The first-order chi connectivity index (χ1) is 28.7. The van der Waals surface area contributed by atoms with Crippen molar-refractivity contribution in [3.63, 3.8) is 0 Å². The van der Waals surface area contributed by atoms with Gasteiger partial charge in [0.15, 0.2) is 0 Å². The molecule has 0 saturated heterocycles. The zero-order valence-corrected chi connectivity index (χ0v) is 33.0. The summed E-state index contributed by atoms with van der Waals surface area (Å²) in [6.45, 7) is 2.18. The second kappa shape index (κ2) is 15.4. The summed E-state index contributed by atoms with van der Waals surface area (Å²) in [5.74, 6) is 0. The van der Waals surface area contributed by atoms with E-state index in [1.165, 1.54) is 53.6 Å². The number of benzene rings is 9. The van der Waals surface area contributed by atoms with Gasteiger partial charge in [0, 0.05) is 54.3 Å². The molecule has 0 atom stereocenters. The second-order valence-electron chi connectivity index (χ2n) is 14.6. The van der Waals surface area contributed by atoms with Gasteiger partial charge in [0.05, 0.1) is 0 Å². The van der Waals surface area contributed by atoms with Crippen molar-refractivity contribution in [1.82, 2.24) is 0 Å². The van der Waals surface area contributed by atoms with E-state index in [1.807, 2.05) is 11.3 Å². The lowest BCUT2D eigenvalue weighted by atomic mass is 9.92. The maximum Gasteiger partial charge on any atom is 0.0490 e. The topological polar surface area (TPSA) is 6.48 Å². The van der Waals surface area contributed by atoms with Gasteiger partial charge in [-0.15, -0.1) is 11.3 Å². The molecular formula is C55H40N2S. The van der Waals surface area contributed by atoms with Crippen LogP contribution in [-0.4, -0.2) is 0 Å². The minimum Gasteiger partial charge on any atom is -0.311 e. The molecule has 0 aliphatic carbocycles. The number of nitrogens with zero attached hydrogens (tertiary/aromatic N) is 2. The summed E-state index contributed by atoms with van der Waals surface area (Å²) in [4.78, 5) is 4.68. The minimum atomic E-state index is 1.11. The van der Waals surface area contributed by atoms with E-state index in [1.54, 1.807) is 0 Å². The first kappa shape index (κ1) is 35.2. The minimum absolute atomic E-state index is 1.11. The maximum atomic E-state index is 2.38. The van der Waals surface area contributed by atoms with E-state index in [4.69, 9.17) is 0 Å². The Labute approximate surface area is 344 Å². The van der Waals surface area contributed by atoms with E-state index in [9.17, 15) is 0 Å². The predicted octanol–water partition coefficient (Wildman–Crippen LogP) is 16.3. The Morgan fingerprint density at radius 2 is 0.845 bits per heavy atom. The Hall–Kier alpha value is -7.20. The van der Waals surface area contributed by atoms with Crippen LogP contribution in [0.5, 0.6) is 0 Å². The van der Waals surface area contributed by atoms with Crippen LogP contribution >= 0.6 is 11.3 Å². The standard InChI is InChI=1S/C55H40N2S/c1-39-17-11-13-29-53(39)57(47-23-9-4-10-24-47)49-25-15-18-41(38-49)43-35-42(36-44(37-43)50-27-16-28-52-51-26-12-14-30-54(51)58-55(50)52)40-31-33-48(34-32-40)56(45-19-5-2-6-20-45)46-21-7-3-8-22-46/h2-38H,1H3. The van der Waals surface area contributed by atoms with Crippen molar-refractivity contribution in [2.24, 2.45) is 0 Å². The van der Waals surface area contributed by atoms with Gasteiger partial charge in [-0.05, 0) is 137 Å². The molecule has 0 radical (unpaired) electrons. The Morgan fingerprint density at radius 1 is 0.328 bits per heavy atom. The van der Waals surface area contributed by atoms with Crippen molar-refractivity contribution < 1.29 is 0 Å². The van der Waals surface area contributed by atoms with Crippen LogP contribution in [0.3, 0.4) is 0 Å². The van der Waals surface area contributed by atoms with Gasteiger partial charge in [0.25, 0.3) is 0 Å². The molecule has 0 amide bonds. The zero-order chi connectivity index (χ0) is 38.8. The molecule has 0 spiro atoms. The lowest BCUT2D eigenvalue weighted by molar-refractivity contribution is 1.25. The lowest BCUT2D eigenvalue weighted by Crippen LogP contribution is -2.11. The number of rotatable bonds is 9. The van der Waals surface area contributed by atoms with Crippen molar-refractivity contribution in [3.05, 3.63) is 230 Å². The number of fused-ring (bicyclic) bond motifs is 3. The van der Waals surface area contributed by atoms with Crippen molar-refractivity contribution in [3.8, 4) is 33.4 Å². The van der Waals surface area contributed by atoms with E-state index in [0.717, 1.165) is 39.7 Å². The zero-order valence-electron chi connectivity index (χ0n) is 32.2. The third-order valence-corrected chi connectivity index (χ3v) is 12.2. The highest BCUT2D eigenvalue weighted by atomic mass is 32.1. The molecule has 0 fully saturated rings. The second-order valence-corrected chi connectivity index (χ2v) is 15.7. The third-order valence-electron chi connectivity index (χ3n) is 10.9. The molecule has 3 heteroatoms. The largest absolute Gasteiger partial charge is 0.311 e. The van der Waals surface area contributed by atoms with Crippen molar-refractivity contribution in [2.75, 3.05) is 9.80 Å². The van der Waals surface area contributed by atoms with Crippen LogP contribution in [0.2, 0.25) is 0 Å². The van der Waals surface area contributed by atoms with Crippen LogP contribution in [-0.2, 0) is 0 Å². The Morgan fingerprint density at radius 3 is 1.53 bits per heavy atom. The molecule has 276 valence electrons. The Kier molecular flexibility index (Phi) is 9.34. The molecule has 2 nitrogen and oxygen atoms in total. The first-order valence-electron chi connectivity index (χ1n) is 19.8. The van der Waals surface area contributed by atoms with Crippen LogP contribution in [0, 0.1) is 6.92 Å². The van der Waals surface area contributed by atoms with E-state index >= 15 is 0 Å². The fraction of sp³-hybridized carbons (Fsp3) is 0.0182. The molecule has 0 aliphatic heterocycles. The predicted molar refractivity (Wildman–Crippen MR) is 250 cm³/mol. The Bertz CT molecular complexity index is 2970. The number of aryl methyl sites for hydroxylation is 1. The number of hydrogen-bond acceptors (Lipinski definition) is 3. The average Bonchev–Trinajstić information content (AvgIpc) is 3.68. The number of hydrogen-bond donors (Lipinski definition) is 0. The molecule has 0 unspecified atom stereocenters. The number of para-hydroxylation sites is 4. The molecule has 1 heterocycles. The van der Waals surface area contributed by atoms with Crippen LogP contribution in [0.25, 0.3) is 53.6 Å². The summed E-state index contributed by atoms with van der Waals surface area (Å²) >= 11 is 1.88. The molecule has 0 N–H and O–H groups in total. The van der Waals surface area contributed by atoms with Gasteiger partial charge < -0.3 is 9.80 Å². The summed E-state index contributed by atoms with van der Waals surface area (Å²) in [5.41, 5.74) is 15.1. The summed E-state index contributed by atoms with van der Waals surface area (Å²) in [5, 5.41) is 2.61. The summed E-state index contributed by atoms with van der Waals surface area (Å²) in [6, 6.07) is 81.1. The van der Waals surface area contributed by atoms with E-state index < -0.39 is 0 Å².